The van der Waals surface area contributed by atoms with Crippen LogP contribution >= 0.6 is 0 Å². The van der Waals surface area contributed by atoms with Gasteiger partial charge in [0.15, 0.2) is 6.04 Å². The molecule has 28 heavy (non-hydrogen) atoms. The van der Waals surface area contributed by atoms with Crippen molar-refractivity contribution in [3.8, 4) is 0 Å². The maximum Gasteiger partial charge on any atom is 0.410 e. The number of carbonyl (C=O) groups is 1. The Kier molecular flexibility index (Phi) is 5.31. The SMILES string of the molecule is CC[C@@H]1C[C@H](C(F)(F)F)n2nc([C@@H]3CCCN(C(=O)C4CCCC4)C3)cc2N1. The van der Waals surface area contributed by atoms with E-state index in [1.807, 2.05) is 11.8 Å². The fourth-order valence-electron chi connectivity index (χ4n) is 4.99. The predicted octanol–water partition coefficient (Wildman–Crippen LogP) is 4.48. The van der Waals surface area contributed by atoms with Crippen molar-refractivity contribution in [1.82, 2.24) is 14.7 Å². The Morgan fingerprint density at radius 2 is 2.00 bits per heavy atom. The number of anilines is 1. The molecular formula is C20H29F3N4O. The number of halogens is 3. The van der Waals surface area contributed by atoms with E-state index in [4.69, 9.17) is 0 Å². The van der Waals surface area contributed by atoms with Gasteiger partial charge in [0.2, 0.25) is 5.91 Å². The van der Waals surface area contributed by atoms with Crippen LogP contribution in [0.5, 0.6) is 0 Å². The molecule has 3 atom stereocenters. The average Bonchev–Trinajstić information content (AvgIpc) is 3.35. The Hall–Kier alpha value is -1.73. The molecule has 2 aliphatic heterocycles. The first kappa shape index (κ1) is 19.6. The summed E-state index contributed by atoms with van der Waals surface area (Å²) in [6, 6.07) is -0.00728. The molecule has 0 radical (unpaired) electrons. The number of aromatic nitrogens is 2. The van der Waals surface area contributed by atoms with Crippen LogP contribution in [-0.4, -0.2) is 45.9 Å². The fraction of sp³-hybridized carbons (Fsp3) is 0.800. The largest absolute Gasteiger partial charge is 0.410 e. The third kappa shape index (κ3) is 3.74. The number of hydrogen-bond acceptors (Lipinski definition) is 3. The third-order valence-electron chi connectivity index (χ3n) is 6.64. The lowest BCUT2D eigenvalue weighted by atomic mass is 9.93. The Morgan fingerprint density at radius 3 is 2.68 bits per heavy atom. The van der Waals surface area contributed by atoms with E-state index >= 15 is 0 Å². The smallest absolute Gasteiger partial charge is 0.367 e. The van der Waals surface area contributed by atoms with E-state index in [2.05, 4.69) is 10.4 Å². The van der Waals surface area contributed by atoms with Gasteiger partial charge in [0, 0.05) is 37.0 Å². The topological polar surface area (TPSA) is 50.2 Å². The summed E-state index contributed by atoms with van der Waals surface area (Å²) in [5.41, 5.74) is 0.678. The van der Waals surface area contributed by atoms with Gasteiger partial charge in [0.25, 0.3) is 0 Å². The van der Waals surface area contributed by atoms with Gasteiger partial charge in [-0.2, -0.15) is 18.3 Å². The number of hydrogen-bond donors (Lipinski definition) is 1. The molecule has 1 aromatic rings. The lowest BCUT2D eigenvalue weighted by molar-refractivity contribution is -0.173. The number of fused-ring (bicyclic) bond motifs is 1. The van der Waals surface area contributed by atoms with Crippen LogP contribution in [0.25, 0.3) is 0 Å². The van der Waals surface area contributed by atoms with Gasteiger partial charge >= 0.3 is 6.18 Å². The van der Waals surface area contributed by atoms with Gasteiger partial charge < -0.3 is 10.2 Å². The summed E-state index contributed by atoms with van der Waals surface area (Å²) in [6.45, 7) is 3.21. The molecule has 3 heterocycles. The van der Waals surface area contributed by atoms with Gasteiger partial charge in [-0.1, -0.05) is 19.8 Å². The summed E-state index contributed by atoms with van der Waals surface area (Å²) < 4.78 is 41.9. The van der Waals surface area contributed by atoms with Crippen molar-refractivity contribution in [3.05, 3.63) is 11.8 Å². The van der Waals surface area contributed by atoms with Gasteiger partial charge in [-0.3, -0.25) is 4.79 Å². The highest BCUT2D eigenvalue weighted by atomic mass is 19.4. The Balaban J connectivity index is 1.53. The van der Waals surface area contributed by atoms with E-state index in [1.54, 1.807) is 6.07 Å². The van der Waals surface area contributed by atoms with E-state index < -0.39 is 12.2 Å². The van der Waals surface area contributed by atoms with Gasteiger partial charge in [-0.05, 0) is 38.5 Å². The number of amides is 1. The zero-order chi connectivity index (χ0) is 19.9. The van der Waals surface area contributed by atoms with E-state index in [-0.39, 0.29) is 30.2 Å². The summed E-state index contributed by atoms with van der Waals surface area (Å²) in [5.74, 6) is 0.821. The molecule has 0 aromatic carbocycles. The second-order valence-electron chi connectivity index (χ2n) is 8.55. The molecule has 1 N–H and O–H groups in total. The Labute approximate surface area is 163 Å². The minimum absolute atomic E-state index is 0.00504. The quantitative estimate of drug-likeness (QED) is 0.817. The standard InChI is InChI=1S/C20H29F3N4O/c1-2-15-10-17(20(21,22)23)27-18(24-15)11-16(25-27)14-8-5-9-26(12-14)19(28)13-6-3-4-7-13/h11,13-15,17,24H,2-10,12H2,1H3/t14-,15-,17-/m1/s1. The van der Waals surface area contributed by atoms with Gasteiger partial charge in [-0.15, -0.1) is 0 Å². The molecule has 1 saturated heterocycles. The maximum atomic E-state index is 13.6. The van der Waals surface area contributed by atoms with Gasteiger partial charge in [0.05, 0.1) is 5.69 Å². The van der Waals surface area contributed by atoms with Crippen molar-refractivity contribution in [2.24, 2.45) is 5.92 Å². The zero-order valence-electron chi connectivity index (χ0n) is 16.3. The highest BCUT2D eigenvalue weighted by Gasteiger charge is 2.46. The minimum atomic E-state index is -4.31. The van der Waals surface area contributed by atoms with Gasteiger partial charge in [-0.25, -0.2) is 4.68 Å². The van der Waals surface area contributed by atoms with Gasteiger partial charge in [0.1, 0.15) is 5.82 Å². The number of rotatable bonds is 3. The van der Waals surface area contributed by atoms with Crippen molar-refractivity contribution < 1.29 is 18.0 Å². The lowest BCUT2D eigenvalue weighted by Crippen LogP contribution is -2.42. The highest BCUT2D eigenvalue weighted by molar-refractivity contribution is 5.79. The average molecular weight is 398 g/mol. The van der Waals surface area contributed by atoms with Crippen LogP contribution in [0.1, 0.15) is 75.9 Å². The molecule has 0 unspecified atom stereocenters. The van der Waals surface area contributed by atoms with Crippen LogP contribution in [0.2, 0.25) is 0 Å². The molecule has 1 aromatic heterocycles. The summed E-state index contributed by atoms with van der Waals surface area (Å²) in [6.07, 6.45) is 2.23. The molecule has 0 spiro atoms. The van der Waals surface area contributed by atoms with Crippen molar-refractivity contribution >= 4 is 11.7 Å². The van der Waals surface area contributed by atoms with E-state index in [0.29, 0.717) is 24.5 Å². The summed E-state index contributed by atoms with van der Waals surface area (Å²) in [7, 11) is 0. The second-order valence-corrected chi connectivity index (χ2v) is 8.55. The lowest BCUT2D eigenvalue weighted by Gasteiger charge is -2.34. The monoisotopic (exact) mass is 398 g/mol. The molecule has 1 amide bonds. The molecule has 4 rings (SSSR count). The van der Waals surface area contributed by atoms with Crippen molar-refractivity contribution in [2.45, 2.75) is 82.5 Å². The number of alkyl halides is 3. The number of piperidine rings is 1. The summed E-state index contributed by atoms with van der Waals surface area (Å²) >= 11 is 0. The van der Waals surface area contributed by atoms with E-state index in [1.165, 1.54) is 0 Å². The number of likely N-dealkylation sites (tertiary alicyclic amines) is 1. The first-order valence-electron chi connectivity index (χ1n) is 10.6. The number of nitrogens with one attached hydrogen (secondary N) is 1. The molecular weight excluding hydrogens is 369 g/mol. The van der Waals surface area contributed by atoms with Crippen molar-refractivity contribution in [1.29, 1.82) is 0 Å². The molecule has 1 aliphatic carbocycles. The first-order valence-corrected chi connectivity index (χ1v) is 10.6. The van der Waals surface area contributed by atoms with Crippen LogP contribution in [0, 0.1) is 5.92 Å². The number of nitrogens with zero attached hydrogens (tertiary/aromatic N) is 3. The van der Waals surface area contributed by atoms with E-state index in [9.17, 15) is 18.0 Å². The van der Waals surface area contributed by atoms with Crippen LogP contribution in [0.15, 0.2) is 6.07 Å². The number of carbonyl (C=O) groups excluding carboxylic acids is 1. The van der Waals surface area contributed by atoms with Crippen molar-refractivity contribution in [2.75, 3.05) is 18.4 Å². The summed E-state index contributed by atoms with van der Waals surface area (Å²) in [5, 5.41) is 7.59. The van der Waals surface area contributed by atoms with Crippen LogP contribution in [-0.2, 0) is 4.79 Å². The third-order valence-corrected chi connectivity index (χ3v) is 6.64. The minimum Gasteiger partial charge on any atom is -0.367 e. The fourth-order valence-corrected chi connectivity index (χ4v) is 4.99. The van der Waals surface area contributed by atoms with E-state index in [0.717, 1.165) is 49.8 Å². The molecule has 5 nitrogen and oxygen atoms in total. The molecule has 3 aliphatic rings. The first-order chi connectivity index (χ1) is 13.4. The van der Waals surface area contributed by atoms with Crippen molar-refractivity contribution in [3.63, 3.8) is 0 Å². The Bertz CT molecular complexity index is 711. The molecule has 2 fully saturated rings. The summed E-state index contributed by atoms with van der Waals surface area (Å²) in [4.78, 5) is 14.7. The molecule has 8 heteroatoms. The van der Waals surface area contributed by atoms with Crippen LogP contribution < -0.4 is 5.32 Å². The van der Waals surface area contributed by atoms with Crippen LogP contribution in [0.3, 0.4) is 0 Å². The second kappa shape index (κ2) is 7.59. The zero-order valence-corrected chi connectivity index (χ0v) is 16.3. The molecule has 1 saturated carbocycles. The normalized spacial score (nSPS) is 28.9. The molecule has 0 bridgehead atoms. The maximum absolute atomic E-state index is 13.6. The van der Waals surface area contributed by atoms with Crippen LogP contribution in [0.4, 0.5) is 19.0 Å². The highest BCUT2D eigenvalue weighted by Crippen LogP contribution is 2.41. The Morgan fingerprint density at radius 1 is 1.25 bits per heavy atom. The molecule has 156 valence electrons. The predicted molar refractivity (Wildman–Crippen MR) is 100 cm³/mol.